The number of amides is 1. The van der Waals surface area contributed by atoms with Crippen molar-refractivity contribution >= 4 is 16.0 Å². The van der Waals surface area contributed by atoms with E-state index in [1.54, 1.807) is 24.3 Å². The minimum atomic E-state index is -3.67. The number of benzene rings is 1. The van der Waals surface area contributed by atoms with E-state index in [2.05, 4.69) is 5.32 Å². The molecule has 5 nitrogen and oxygen atoms in total. The summed E-state index contributed by atoms with van der Waals surface area (Å²) >= 11 is 0. The Bertz CT molecular complexity index is 615. The molecule has 24 heavy (non-hydrogen) atoms. The average Bonchev–Trinajstić information content (AvgIpc) is 2.44. The van der Waals surface area contributed by atoms with E-state index in [9.17, 15) is 13.2 Å². The third kappa shape index (κ3) is 8.45. The number of hydrogen-bond donors (Lipinski definition) is 1. The van der Waals surface area contributed by atoms with E-state index in [1.807, 2.05) is 27.7 Å². The second-order valence-corrected chi connectivity index (χ2v) is 8.67. The normalized spacial score (nSPS) is 12.2. The van der Waals surface area contributed by atoms with Crippen molar-refractivity contribution in [2.24, 2.45) is 0 Å². The first-order chi connectivity index (χ1) is 11.1. The van der Waals surface area contributed by atoms with E-state index in [-0.39, 0.29) is 22.9 Å². The van der Waals surface area contributed by atoms with Crippen LogP contribution in [0.1, 0.15) is 58.4 Å². The van der Waals surface area contributed by atoms with Crippen LogP contribution in [0.25, 0.3) is 0 Å². The lowest BCUT2D eigenvalue weighted by atomic mass is 10.1. The van der Waals surface area contributed by atoms with Gasteiger partial charge in [-0.15, -0.1) is 0 Å². The Hall–Kier alpha value is -1.40. The third-order valence-electron chi connectivity index (χ3n) is 3.36. The Morgan fingerprint density at radius 1 is 1.04 bits per heavy atom. The molecule has 0 aromatic heterocycles. The molecule has 0 spiro atoms. The minimum absolute atomic E-state index is 0.0562. The van der Waals surface area contributed by atoms with Crippen molar-refractivity contribution in [1.29, 1.82) is 0 Å². The van der Waals surface area contributed by atoms with Crippen LogP contribution in [0, 0.1) is 6.92 Å². The second kappa shape index (κ2) is 9.18. The molecule has 0 radical (unpaired) electrons. The Morgan fingerprint density at radius 2 is 1.62 bits per heavy atom. The van der Waals surface area contributed by atoms with E-state index in [1.165, 1.54) is 0 Å². The number of carbonyl (C=O) groups excluding carboxylic acids is 1. The highest BCUT2D eigenvalue weighted by atomic mass is 32.2. The SMILES string of the molecule is Cc1ccc(S(=O)(=O)OCCCCCCC(=O)NC(C)(C)C)cc1. The molecule has 0 saturated carbocycles. The molecule has 0 fully saturated rings. The second-order valence-electron chi connectivity index (χ2n) is 7.05. The van der Waals surface area contributed by atoms with Gasteiger partial charge in [0.25, 0.3) is 10.1 Å². The lowest BCUT2D eigenvalue weighted by Gasteiger charge is -2.20. The fourth-order valence-electron chi connectivity index (χ4n) is 2.16. The first kappa shape index (κ1) is 20.6. The van der Waals surface area contributed by atoms with Crippen molar-refractivity contribution in [2.75, 3.05) is 6.61 Å². The van der Waals surface area contributed by atoms with Crippen LogP contribution in [0.5, 0.6) is 0 Å². The molecule has 0 bridgehead atoms. The number of carbonyl (C=O) groups is 1. The van der Waals surface area contributed by atoms with Gasteiger partial charge >= 0.3 is 0 Å². The fourth-order valence-corrected chi connectivity index (χ4v) is 3.11. The zero-order valence-corrected chi connectivity index (χ0v) is 15.9. The van der Waals surface area contributed by atoms with Gasteiger partial charge in [-0.1, -0.05) is 30.5 Å². The van der Waals surface area contributed by atoms with Crippen LogP contribution in [0.2, 0.25) is 0 Å². The summed E-state index contributed by atoms with van der Waals surface area (Å²) < 4.78 is 29.0. The fraction of sp³-hybridized carbons (Fsp3) is 0.611. The first-order valence-corrected chi connectivity index (χ1v) is 9.78. The summed E-state index contributed by atoms with van der Waals surface area (Å²) in [6.07, 6.45) is 3.68. The first-order valence-electron chi connectivity index (χ1n) is 8.37. The van der Waals surface area contributed by atoms with Gasteiger partial charge in [0.05, 0.1) is 11.5 Å². The van der Waals surface area contributed by atoms with E-state index in [0.29, 0.717) is 12.8 Å². The number of rotatable bonds is 9. The van der Waals surface area contributed by atoms with Gasteiger partial charge in [0, 0.05) is 12.0 Å². The van der Waals surface area contributed by atoms with Crippen molar-refractivity contribution < 1.29 is 17.4 Å². The largest absolute Gasteiger partial charge is 0.352 e. The summed E-state index contributed by atoms with van der Waals surface area (Å²) in [5, 5.41) is 2.92. The molecule has 0 unspecified atom stereocenters. The van der Waals surface area contributed by atoms with Crippen molar-refractivity contribution in [1.82, 2.24) is 5.32 Å². The van der Waals surface area contributed by atoms with E-state index in [0.717, 1.165) is 24.8 Å². The number of unbranched alkanes of at least 4 members (excludes halogenated alkanes) is 3. The molecule has 0 aliphatic carbocycles. The van der Waals surface area contributed by atoms with E-state index >= 15 is 0 Å². The molecule has 136 valence electrons. The monoisotopic (exact) mass is 355 g/mol. The maximum Gasteiger partial charge on any atom is 0.296 e. The van der Waals surface area contributed by atoms with Gasteiger partial charge in [-0.2, -0.15) is 8.42 Å². The van der Waals surface area contributed by atoms with Crippen LogP contribution in [0.4, 0.5) is 0 Å². The lowest BCUT2D eigenvalue weighted by Crippen LogP contribution is -2.40. The molecule has 1 rings (SSSR count). The summed E-state index contributed by atoms with van der Waals surface area (Å²) in [5.74, 6) is 0.0562. The summed E-state index contributed by atoms with van der Waals surface area (Å²) in [6, 6.07) is 6.61. The van der Waals surface area contributed by atoms with E-state index < -0.39 is 10.1 Å². The van der Waals surface area contributed by atoms with Crippen LogP contribution in [-0.2, 0) is 19.1 Å². The lowest BCUT2D eigenvalue weighted by molar-refractivity contribution is -0.122. The van der Waals surface area contributed by atoms with Crippen LogP contribution in [-0.4, -0.2) is 26.5 Å². The van der Waals surface area contributed by atoms with Crippen molar-refractivity contribution in [3.05, 3.63) is 29.8 Å². The Kier molecular flexibility index (Phi) is 7.90. The topological polar surface area (TPSA) is 72.5 Å². The maximum absolute atomic E-state index is 12.0. The summed E-state index contributed by atoms with van der Waals surface area (Å²) in [7, 11) is -3.67. The Labute approximate surface area is 145 Å². The highest BCUT2D eigenvalue weighted by molar-refractivity contribution is 7.86. The van der Waals surface area contributed by atoms with Gasteiger partial charge in [-0.25, -0.2) is 0 Å². The molecule has 0 aliphatic heterocycles. The highest BCUT2D eigenvalue weighted by Crippen LogP contribution is 2.14. The molecule has 1 aromatic rings. The van der Waals surface area contributed by atoms with Gasteiger partial charge in [0.2, 0.25) is 5.91 Å². The molecule has 0 saturated heterocycles. The highest BCUT2D eigenvalue weighted by Gasteiger charge is 2.15. The third-order valence-corrected chi connectivity index (χ3v) is 4.69. The predicted molar refractivity (Wildman–Crippen MR) is 95.3 cm³/mol. The van der Waals surface area contributed by atoms with E-state index in [4.69, 9.17) is 4.18 Å². The van der Waals surface area contributed by atoms with Gasteiger partial charge in [0.15, 0.2) is 0 Å². The molecule has 1 N–H and O–H groups in total. The summed E-state index contributed by atoms with van der Waals surface area (Å²) in [6.45, 7) is 7.94. The molecular weight excluding hydrogens is 326 g/mol. The van der Waals surface area contributed by atoms with Crippen molar-refractivity contribution in [3.63, 3.8) is 0 Å². The van der Waals surface area contributed by atoms with Gasteiger partial charge in [-0.3, -0.25) is 8.98 Å². The molecule has 1 amide bonds. The molecular formula is C18H29NO4S. The number of nitrogens with one attached hydrogen (secondary N) is 1. The molecule has 1 aromatic carbocycles. The molecule has 0 atom stereocenters. The predicted octanol–water partition coefficient (Wildman–Crippen LogP) is 3.57. The summed E-state index contributed by atoms with van der Waals surface area (Å²) in [5.41, 5.74) is 0.805. The van der Waals surface area contributed by atoms with Crippen LogP contribution in [0.15, 0.2) is 29.2 Å². The van der Waals surface area contributed by atoms with Crippen LogP contribution in [0.3, 0.4) is 0 Å². The average molecular weight is 356 g/mol. The molecule has 0 heterocycles. The standard InChI is InChI=1S/C18H29NO4S/c1-15-10-12-16(13-11-15)24(21,22)23-14-8-6-5-7-9-17(20)19-18(2,3)4/h10-13H,5-9,14H2,1-4H3,(H,19,20). The van der Waals surface area contributed by atoms with Crippen molar-refractivity contribution in [3.8, 4) is 0 Å². The quantitative estimate of drug-likeness (QED) is 0.543. The van der Waals surface area contributed by atoms with Crippen LogP contribution < -0.4 is 5.32 Å². The molecule has 6 heteroatoms. The van der Waals surface area contributed by atoms with Gasteiger partial charge < -0.3 is 5.32 Å². The maximum atomic E-state index is 12.0. The number of hydrogen-bond acceptors (Lipinski definition) is 4. The summed E-state index contributed by atoms with van der Waals surface area (Å²) in [4.78, 5) is 11.8. The minimum Gasteiger partial charge on any atom is -0.352 e. The smallest absolute Gasteiger partial charge is 0.296 e. The molecule has 0 aliphatic rings. The zero-order chi connectivity index (χ0) is 18.2. The van der Waals surface area contributed by atoms with Crippen LogP contribution >= 0.6 is 0 Å². The number of aryl methyl sites for hydroxylation is 1. The zero-order valence-electron chi connectivity index (χ0n) is 15.1. The van der Waals surface area contributed by atoms with Gasteiger partial charge in [0.1, 0.15) is 0 Å². The van der Waals surface area contributed by atoms with Crippen molar-refractivity contribution in [2.45, 2.75) is 70.2 Å². The Balaban J connectivity index is 2.18. The van der Waals surface area contributed by atoms with Gasteiger partial charge in [-0.05, 0) is 52.7 Å². The Morgan fingerprint density at radius 3 is 2.21 bits per heavy atom.